The number of hydrogen-bond acceptors (Lipinski definition) is 5. The van der Waals surface area contributed by atoms with Gasteiger partial charge in [-0.15, -0.1) is 0 Å². The average Bonchev–Trinajstić information content (AvgIpc) is 2.67. The van der Waals surface area contributed by atoms with Crippen LogP contribution in [0.3, 0.4) is 0 Å². The summed E-state index contributed by atoms with van der Waals surface area (Å²) in [5, 5.41) is 15.4. The van der Waals surface area contributed by atoms with Crippen LogP contribution in [0.5, 0.6) is 0 Å². The molecule has 2 N–H and O–H groups in total. The van der Waals surface area contributed by atoms with Gasteiger partial charge in [0, 0.05) is 17.8 Å². The van der Waals surface area contributed by atoms with Crippen molar-refractivity contribution in [3.8, 4) is 6.07 Å². The highest BCUT2D eigenvalue weighted by Crippen LogP contribution is 2.17. The molecule has 0 spiro atoms. The maximum absolute atomic E-state index is 12.4. The third-order valence-electron chi connectivity index (χ3n) is 3.50. The van der Waals surface area contributed by atoms with Gasteiger partial charge in [-0.05, 0) is 36.8 Å². The van der Waals surface area contributed by atoms with Crippen molar-refractivity contribution in [2.45, 2.75) is 13.5 Å². The molecular weight excluding hydrogens is 366 g/mol. The first-order chi connectivity index (χ1) is 13.0. The Labute approximate surface area is 162 Å². The molecule has 27 heavy (non-hydrogen) atoms. The highest BCUT2D eigenvalue weighted by molar-refractivity contribution is 6.30. The van der Waals surface area contributed by atoms with E-state index in [-0.39, 0.29) is 23.4 Å². The van der Waals surface area contributed by atoms with E-state index in [0.717, 1.165) is 5.56 Å². The summed E-state index contributed by atoms with van der Waals surface area (Å²) < 4.78 is 4.97. The molecule has 2 aromatic carbocycles. The summed E-state index contributed by atoms with van der Waals surface area (Å²) in [5.74, 6) is -1.17. The van der Waals surface area contributed by atoms with E-state index in [0.29, 0.717) is 11.6 Å². The van der Waals surface area contributed by atoms with Gasteiger partial charge in [-0.25, -0.2) is 4.79 Å². The first-order valence-corrected chi connectivity index (χ1v) is 8.58. The molecule has 0 aliphatic heterocycles. The summed E-state index contributed by atoms with van der Waals surface area (Å²) in [4.78, 5) is 24.3. The summed E-state index contributed by atoms with van der Waals surface area (Å²) in [6.07, 6.45) is 1.33. The number of carbonyl (C=O) groups excluding carboxylic acids is 2. The predicted octanol–water partition coefficient (Wildman–Crippen LogP) is 3.65. The zero-order valence-electron chi connectivity index (χ0n) is 14.7. The zero-order valence-corrected chi connectivity index (χ0v) is 15.4. The van der Waals surface area contributed by atoms with E-state index in [1.165, 1.54) is 6.20 Å². The highest BCUT2D eigenvalue weighted by Gasteiger charge is 2.16. The van der Waals surface area contributed by atoms with Crippen molar-refractivity contribution >= 4 is 29.2 Å². The molecule has 0 saturated heterocycles. The van der Waals surface area contributed by atoms with Crippen molar-refractivity contribution in [2.24, 2.45) is 0 Å². The Morgan fingerprint density at radius 1 is 1.19 bits per heavy atom. The molecule has 0 aliphatic rings. The molecule has 1 amide bonds. The van der Waals surface area contributed by atoms with Gasteiger partial charge in [0.15, 0.2) is 0 Å². The zero-order chi connectivity index (χ0) is 19.6. The number of halogens is 1. The number of benzene rings is 2. The Bertz CT molecular complexity index is 886. The number of nitrogens with one attached hydrogen (secondary N) is 2. The van der Waals surface area contributed by atoms with E-state index >= 15 is 0 Å². The summed E-state index contributed by atoms with van der Waals surface area (Å²) >= 11 is 5.83. The van der Waals surface area contributed by atoms with Crippen LogP contribution in [0.2, 0.25) is 5.02 Å². The number of hydrogen-bond donors (Lipinski definition) is 2. The van der Waals surface area contributed by atoms with E-state index in [1.807, 2.05) is 18.2 Å². The lowest BCUT2D eigenvalue weighted by Gasteiger charge is -2.10. The second-order valence-electron chi connectivity index (χ2n) is 5.40. The third-order valence-corrected chi connectivity index (χ3v) is 3.75. The number of rotatable bonds is 7. The maximum Gasteiger partial charge on any atom is 0.340 e. The SMILES string of the molecule is CCOC(=O)c1ccccc1NC(=O)/C(C#N)=C\NCc1ccc(Cl)cc1. The van der Waals surface area contributed by atoms with Crippen LogP contribution in [-0.2, 0) is 16.1 Å². The van der Waals surface area contributed by atoms with Crippen molar-refractivity contribution in [3.05, 3.63) is 76.5 Å². The number of esters is 1. The van der Waals surface area contributed by atoms with Crippen LogP contribution in [0.1, 0.15) is 22.8 Å². The molecule has 138 valence electrons. The predicted molar refractivity (Wildman–Crippen MR) is 103 cm³/mol. The Morgan fingerprint density at radius 3 is 2.56 bits per heavy atom. The van der Waals surface area contributed by atoms with Crippen LogP contribution in [0, 0.1) is 11.3 Å². The van der Waals surface area contributed by atoms with Crippen LogP contribution in [0.4, 0.5) is 5.69 Å². The maximum atomic E-state index is 12.4. The number of amides is 1. The molecule has 0 fully saturated rings. The fourth-order valence-electron chi connectivity index (χ4n) is 2.19. The molecule has 0 aromatic heterocycles. The molecule has 0 heterocycles. The number of para-hydroxylation sites is 1. The summed E-state index contributed by atoms with van der Waals surface area (Å²) in [6, 6.07) is 15.5. The average molecular weight is 384 g/mol. The van der Waals surface area contributed by atoms with Gasteiger partial charge in [0.2, 0.25) is 0 Å². The van der Waals surface area contributed by atoms with Crippen molar-refractivity contribution < 1.29 is 14.3 Å². The molecule has 0 aliphatic carbocycles. The van der Waals surface area contributed by atoms with Gasteiger partial charge in [-0.3, -0.25) is 4.79 Å². The van der Waals surface area contributed by atoms with Gasteiger partial charge in [0.25, 0.3) is 5.91 Å². The van der Waals surface area contributed by atoms with Crippen molar-refractivity contribution in [2.75, 3.05) is 11.9 Å². The Morgan fingerprint density at radius 2 is 1.89 bits per heavy atom. The Hall–Kier alpha value is -3.30. The standard InChI is InChI=1S/C20H18ClN3O3/c1-2-27-20(26)17-5-3-4-6-18(17)24-19(25)15(11-22)13-23-12-14-7-9-16(21)10-8-14/h3-10,13,23H,2,12H2,1H3,(H,24,25)/b15-13-. The largest absolute Gasteiger partial charge is 0.462 e. The van der Waals surface area contributed by atoms with E-state index in [9.17, 15) is 14.9 Å². The van der Waals surface area contributed by atoms with Crippen LogP contribution < -0.4 is 10.6 Å². The van der Waals surface area contributed by atoms with E-state index in [4.69, 9.17) is 16.3 Å². The smallest absolute Gasteiger partial charge is 0.340 e. The molecule has 0 bridgehead atoms. The second-order valence-corrected chi connectivity index (χ2v) is 5.83. The van der Waals surface area contributed by atoms with E-state index in [2.05, 4.69) is 10.6 Å². The molecule has 0 radical (unpaired) electrons. The number of nitrogens with zero attached hydrogens (tertiary/aromatic N) is 1. The number of anilines is 1. The molecule has 0 atom stereocenters. The van der Waals surface area contributed by atoms with Gasteiger partial charge in [-0.2, -0.15) is 5.26 Å². The Balaban J connectivity index is 2.06. The molecule has 7 heteroatoms. The van der Waals surface area contributed by atoms with Crippen LogP contribution >= 0.6 is 11.6 Å². The van der Waals surface area contributed by atoms with E-state index in [1.54, 1.807) is 43.3 Å². The summed E-state index contributed by atoms with van der Waals surface area (Å²) in [6.45, 7) is 2.34. The van der Waals surface area contributed by atoms with Crippen molar-refractivity contribution in [3.63, 3.8) is 0 Å². The summed E-state index contributed by atoms with van der Waals surface area (Å²) in [7, 11) is 0. The van der Waals surface area contributed by atoms with Gasteiger partial charge in [0.05, 0.1) is 17.9 Å². The van der Waals surface area contributed by atoms with Crippen molar-refractivity contribution in [1.29, 1.82) is 5.26 Å². The molecule has 2 rings (SSSR count). The lowest BCUT2D eigenvalue weighted by atomic mass is 10.1. The van der Waals surface area contributed by atoms with Gasteiger partial charge >= 0.3 is 5.97 Å². The first kappa shape index (κ1) is 20.0. The third kappa shape index (κ3) is 5.87. The summed E-state index contributed by atoms with van der Waals surface area (Å²) in [5.41, 5.74) is 1.32. The number of nitriles is 1. The van der Waals surface area contributed by atoms with Crippen molar-refractivity contribution in [1.82, 2.24) is 5.32 Å². The topological polar surface area (TPSA) is 91.2 Å². The first-order valence-electron chi connectivity index (χ1n) is 8.20. The fraction of sp³-hybridized carbons (Fsp3) is 0.150. The van der Waals surface area contributed by atoms with Crippen LogP contribution in [0.15, 0.2) is 60.3 Å². The lowest BCUT2D eigenvalue weighted by molar-refractivity contribution is -0.112. The van der Waals surface area contributed by atoms with Gasteiger partial charge in [-0.1, -0.05) is 35.9 Å². The fourth-order valence-corrected chi connectivity index (χ4v) is 2.32. The molecule has 2 aromatic rings. The molecule has 6 nitrogen and oxygen atoms in total. The van der Waals surface area contributed by atoms with Gasteiger partial charge in [0.1, 0.15) is 11.6 Å². The lowest BCUT2D eigenvalue weighted by Crippen LogP contribution is -2.19. The molecule has 0 saturated carbocycles. The minimum Gasteiger partial charge on any atom is -0.462 e. The minimum atomic E-state index is -0.627. The van der Waals surface area contributed by atoms with E-state index < -0.39 is 11.9 Å². The molecular formula is C20H18ClN3O3. The Kier molecular flexibility index (Phi) is 7.41. The number of carbonyl (C=O) groups is 2. The highest BCUT2D eigenvalue weighted by atomic mass is 35.5. The van der Waals surface area contributed by atoms with Crippen LogP contribution in [0.25, 0.3) is 0 Å². The number of ether oxygens (including phenoxy) is 1. The van der Waals surface area contributed by atoms with Crippen LogP contribution in [-0.4, -0.2) is 18.5 Å². The van der Waals surface area contributed by atoms with Gasteiger partial charge < -0.3 is 15.4 Å². The second kappa shape index (κ2) is 10.00. The molecule has 0 unspecified atom stereocenters. The monoisotopic (exact) mass is 383 g/mol. The minimum absolute atomic E-state index is 0.123. The quantitative estimate of drug-likeness (QED) is 0.432. The normalized spacial score (nSPS) is 10.6.